The van der Waals surface area contributed by atoms with Gasteiger partial charge in [-0.3, -0.25) is 9.79 Å². The van der Waals surface area contributed by atoms with E-state index >= 15 is 0 Å². The number of methoxy groups -OCH3 is 1. The van der Waals surface area contributed by atoms with E-state index < -0.39 is 0 Å². The summed E-state index contributed by atoms with van der Waals surface area (Å²) in [7, 11) is 1.78. The van der Waals surface area contributed by atoms with Crippen molar-refractivity contribution in [3.8, 4) is 0 Å². The van der Waals surface area contributed by atoms with Crippen molar-refractivity contribution >= 4 is 22.8 Å². The van der Waals surface area contributed by atoms with Crippen LogP contribution >= 0.6 is 11.8 Å². The summed E-state index contributed by atoms with van der Waals surface area (Å²) in [6.07, 6.45) is 18.1. The third kappa shape index (κ3) is 7.66. The highest BCUT2D eigenvalue weighted by molar-refractivity contribution is 8.14. The minimum Gasteiger partial charge on any atom is -0.501 e. The van der Waals surface area contributed by atoms with Gasteiger partial charge in [0.05, 0.1) is 13.2 Å². The molecule has 2 atom stereocenters. The number of nitrogens with zero attached hydrogens (tertiary/aromatic N) is 2. The van der Waals surface area contributed by atoms with Gasteiger partial charge in [-0.05, 0) is 64.3 Å². The molecule has 0 bridgehead atoms. The van der Waals surface area contributed by atoms with Gasteiger partial charge >= 0.3 is 0 Å². The molecule has 1 heterocycles. The summed E-state index contributed by atoms with van der Waals surface area (Å²) in [5.74, 6) is 2.68. The molecular formula is C31H46N4O2S. The van der Waals surface area contributed by atoms with E-state index in [9.17, 15) is 4.79 Å². The highest BCUT2D eigenvalue weighted by Crippen LogP contribution is 2.34. The molecule has 38 heavy (non-hydrogen) atoms. The molecule has 0 saturated carbocycles. The Hall–Kier alpha value is -2.25. The van der Waals surface area contributed by atoms with Gasteiger partial charge in [-0.25, -0.2) is 0 Å². The number of amidine groups is 1. The van der Waals surface area contributed by atoms with Crippen LogP contribution in [0.3, 0.4) is 0 Å². The number of hydrogen-bond acceptors (Lipinski definition) is 6. The number of nitrogens with one attached hydrogen (secondary N) is 1. The topological polar surface area (TPSA) is 80.0 Å². The third-order valence-corrected chi connectivity index (χ3v) is 9.16. The van der Waals surface area contributed by atoms with Gasteiger partial charge in [0.15, 0.2) is 5.17 Å². The molecule has 208 valence electrons. The average Bonchev–Trinajstić information content (AvgIpc) is 3.44. The number of carbonyl (C=O) groups excluding carboxylic acids is 1. The van der Waals surface area contributed by atoms with Crippen LogP contribution in [-0.4, -0.2) is 61.1 Å². The maximum Gasteiger partial charge on any atom is 0.247 e. The lowest BCUT2D eigenvalue weighted by molar-refractivity contribution is -0.117. The number of rotatable bonds is 11. The van der Waals surface area contributed by atoms with Crippen LogP contribution in [0.4, 0.5) is 0 Å². The lowest BCUT2D eigenvalue weighted by Crippen LogP contribution is -2.32. The van der Waals surface area contributed by atoms with E-state index in [1.807, 2.05) is 17.8 Å². The molecular weight excluding hydrogens is 492 g/mol. The monoisotopic (exact) mass is 538 g/mol. The van der Waals surface area contributed by atoms with Crippen LogP contribution in [0.2, 0.25) is 0 Å². The lowest BCUT2D eigenvalue weighted by Gasteiger charge is -2.26. The smallest absolute Gasteiger partial charge is 0.247 e. The normalized spacial score (nSPS) is 23.7. The fourth-order valence-corrected chi connectivity index (χ4v) is 6.74. The first-order valence-electron chi connectivity index (χ1n) is 14.4. The van der Waals surface area contributed by atoms with E-state index in [0.717, 1.165) is 99.7 Å². The second kappa shape index (κ2) is 14.2. The zero-order chi connectivity index (χ0) is 26.9. The molecule has 7 heteroatoms. The SMILES string of the molecule is CCCCN(CC1=CC=C(C(=O)NCC2=CCCC(CN)C2)CC1)C1=NC(C2=C(OC)CCC(C)=C2)CS1. The van der Waals surface area contributed by atoms with E-state index in [-0.39, 0.29) is 11.9 Å². The van der Waals surface area contributed by atoms with E-state index in [1.165, 1.54) is 22.3 Å². The molecule has 0 aromatic carbocycles. The number of unbranched alkanes of at least 4 members (excludes halogenated alkanes) is 1. The van der Waals surface area contributed by atoms with E-state index in [4.69, 9.17) is 15.5 Å². The number of aliphatic imine (C=N–C) groups is 1. The molecule has 0 aromatic rings. The first kappa shape index (κ1) is 28.8. The Morgan fingerprint density at radius 1 is 1.24 bits per heavy atom. The molecule has 2 unspecified atom stereocenters. The van der Waals surface area contributed by atoms with Crippen molar-refractivity contribution in [2.75, 3.05) is 39.0 Å². The fraction of sp³-hybridized carbons (Fsp3) is 0.613. The largest absolute Gasteiger partial charge is 0.501 e. The molecule has 0 saturated heterocycles. The van der Waals surface area contributed by atoms with Gasteiger partial charge in [-0.2, -0.15) is 0 Å². The van der Waals surface area contributed by atoms with Gasteiger partial charge in [0.2, 0.25) is 5.91 Å². The fourth-order valence-electron chi connectivity index (χ4n) is 5.64. The molecule has 0 fully saturated rings. The summed E-state index contributed by atoms with van der Waals surface area (Å²) in [4.78, 5) is 20.5. The second-order valence-corrected chi connectivity index (χ2v) is 12.0. The Morgan fingerprint density at radius 3 is 2.84 bits per heavy atom. The first-order chi connectivity index (χ1) is 18.5. The van der Waals surface area contributed by atoms with Crippen LogP contribution < -0.4 is 11.1 Å². The Labute approximate surface area is 233 Å². The number of carbonyl (C=O) groups is 1. The number of amides is 1. The quantitative estimate of drug-likeness (QED) is 0.333. The molecule has 0 radical (unpaired) electrons. The molecule has 6 nitrogen and oxygen atoms in total. The van der Waals surface area contributed by atoms with Crippen molar-refractivity contribution in [2.24, 2.45) is 16.6 Å². The molecule has 1 amide bonds. The van der Waals surface area contributed by atoms with E-state index in [1.54, 1.807) is 7.11 Å². The van der Waals surface area contributed by atoms with Crippen LogP contribution in [0.1, 0.15) is 71.6 Å². The second-order valence-electron chi connectivity index (χ2n) is 11.0. The van der Waals surface area contributed by atoms with E-state index in [0.29, 0.717) is 12.5 Å². The minimum absolute atomic E-state index is 0.0653. The van der Waals surface area contributed by atoms with Gasteiger partial charge in [-0.15, -0.1) is 0 Å². The zero-order valence-corrected chi connectivity index (χ0v) is 24.4. The first-order valence-corrected chi connectivity index (χ1v) is 15.4. The van der Waals surface area contributed by atoms with Crippen LogP contribution in [-0.2, 0) is 9.53 Å². The van der Waals surface area contributed by atoms with Crippen molar-refractivity contribution < 1.29 is 9.53 Å². The summed E-state index contributed by atoms with van der Waals surface area (Å²) >= 11 is 1.87. The molecule has 3 N–H and O–H groups in total. The highest BCUT2D eigenvalue weighted by atomic mass is 32.2. The van der Waals surface area contributed by atoms with Crippen LogP contribution in [0.15, 0.2) is 62.9 Å². The lowest BCUT2D eigenvalue weighted by atomic mass is 9.89. The predicted molar refractivity (Wildman–Crippen MR) is 160 cm³/mol. The maximum absolute atomic E-state index is 12.8. The van der Waals surface area contributed by atoms with Gasteiger partial charge in [-0.1, -0.05) is 66.1 Å². The van der Waals surface area contributed by atoms with Crippen LogP contribution in [0, 0.1) is 5.92 Å². The van der Waals surface area contributed by atoms with Crippen molar-refractivity contribution in [1.29, 1.82) is 0 Å². The van der Waals surface area contributed by atoms with E-state index in [2.05, 4.69) is 42.3 Å². The summed E-state index contributed by atoms with van der Waals surface area (Å²) in [6.45, 7) is 7.70. The van der Waals surface area contributed by atoms with Crippen molar-refractivity contribution in [3.63, 3.8) is 0 Å². The summed E-state index contributed by atoms with van der Waals surface area (Å²) in [5, 5.41) is 4.29. The van der Waals surface area contributed by atoms with Crippen LogP contribution in [0.25, 0.3) is 0 Å². The Morgan fingerprint density at radius 2 is 2.11 bits per heavy atom. The molecule has 0 aromatic heterocycles. The predicted octanol–water partition coefficient (Wildman–Crippen LogP) is 5.65. The summed E-state index contributed by atoms with van der Waals surface area (Å²) < 4.78 is 5.72. The zero-order valence-electron chi connectivity index (χ0n) is 23.6. The third-order valence-electron chi connectivity index (χ3n) is 8.05. The van der Waals surface area contributed by atoms with Crippen LogP contribution in [0.5, 0.6) is 0 Å². The van der Waals surface area contributed by atoms with Crippen molar-refractivity contribution in [1.82, 2.24) is 10.2 Å². The number of allylic oxidation sites excluding steroid dienone is 5. The molecule has 0 spiro atoms. The number of thioether (sulfide) groups is 1. The number of hydrogen-bond donors (Lipinski definition) is 2. The van der Waals surface area contributed by atoms with Crippen molar-refractivity contribution in [2.45, 2.75) is 77.7 Å². The maximum atomic E-state index is 12.8. The van der Waals surface area contributed by atoms with Gasteiger partial charge in [0.1, 0.15) is 5.76 Å². The minimum atomic E-state index is 0.0653. The van der Waals surface area contributed by atoms with Gasteiger partial charge < -0.3 is 20.7 Å². The number of ether oxygens (including phenoxy) is 1. The average molecular weight is 539 g/mol. The summed E-state index contributed by atoms with van der Waals surface area (Å²) in [6, 6.07) is 0.166. The van der Waals surface area contributed by atoms with Gasteiger partial charge in [0, 0.05) is 43.0 Å². The molecule has 3 aliphatic carbocycles. The molecule has 1 aliphatic heterocycles. The standard InChI is InChI=1S/C31H46N4O2S/c1-4-5-15-35(31-34-28(21-38-31)27-16-22(2)9-14-29(27)37-3)20-23-10-12-26(13-11-23)30(36)33-19-25-8-6-7-24(17-25)18-32/h8,10,12,16,24,28H,4-7,9,11,13-15,17-21,32H2,1-3H3,(H,33,36). The van der Waals surface area contributed by atoms with Crippen molar-refractivity contribution in [3.05, 3.63) is 57.9 Å². The Bertz CT molecular complexity index is 1050. The number of nitrogens with two attached hydrogens (primary N) is 1. The molecule has 4 aliphatic rings. The summed E-state index contributed by atoms with van der Waals surface area (Å²) in [5.41, 5.74) is 12.1. The van der Waals surface area contributed by atoms with Gasteiger partial charge in [0.25, 0.3) is 0 Å². The molecule has 4 rings (SSSR count). The Kier molecular flexibility index (Phi) is 10.8. The highest BCUT2D eigenvalue weighted by Gasteiger charge is 2.29. The Balaban J connectivity index is 1.37.